The average molecular weight is 528 g/mol. The van der Waals surface area contributed by atoms with Gasteiger partial charge in [0, 0.05) is 6.61 Å². The van der Waals surface area contributed by atoms with Crippen LogP contribution in [0.25, 0.3) is 0 Å². The summed E-state index contributed by atoms with van der Waals surface area (Å²) in [5, 5.41) is 11.5. The van der Waals surface area contributed by atoms with E-state index in [1.54, 1.807) is 0 Å². The first-order valence-electron chi connectivity index (χ1n) is 14.2. The number of amides is 1. The van der Waals surface area contributed by atoms with Crippen molar-refractivity contribution in [1.29, 1.82) is 0 Å². The van der Waals surface area contributed by atoms with Gasteiger partial charge in [0.1, 0.15) is 0 Å². The normalized spacial score (nSPS) is 28.5. The Morgan fingerprint density at radius 1 is 1.06 bits per heavy atom. The van der Waals surface area contributed by atoms with E-state index >= 15 is 0 Å². The van der Waals surface area contributed by atoms with E-state index in [1.807, 2.05) is 6.92 Å². The topological polar surface area (TPSA) is 59.0 Å². The molecule has 5 nitrogen and oxygen atoms in total. The van der Waals surface area contributed by atoms with Crippen LogP contribution >= 0.6 is 0 Å². The number of piperidine rings is 1. The Kier molecular flexibility index (Phi) is 9.98. The van der Waals surface area contributed by atoms with Gasteiger partial charge in [-0.3, -0.25) is 4.79 Å². The Balaban J connectivity index is 2.19. The maximum absolute atomic E-state index is 13.4. The first-order valence-corrected chi connectivity index (χ1v) is 19.3. The van der Waals surface area contributed by atoms with E-state index < -0.39 is 28.3 Å². The van der Waals surface area contributed by atoms with Crippen LogP contribution in [-0.2, 0) is 13.6 Å². The molecular formula is C28H57NO4Si2. The second-order valence-corrected chi connectivity index (χ2v) is 24.2. The molecule has 2 fully saturated rings. The van der Waals surface area contributed by atoms with Gasteiger partial charge in [-0.15, -0.1) is 0 Å². The van der Waals surface area contributed by atoms with Crippen molar-refractivity contribution in [3.05, 3.63) is 0 Å². The Morgan fingerprint density at radius 3 is 2.09 bits per heavy atom. The SMILES string of the molecule is CC1C(=O)N2[C@@H](CO[Si](C)(C)C(C)(C)C)CCC[C@@]2(CCCO[Si](C(C)C)(C(C)C)C(C)C)C1O. The Hall–Kier alpha value is -0.216. The van der Waals surface area contributed by atoms with Crippen LogP contribution < -0.4 is 0 Å². The molecule has 0 radical (unpaired) electrons. The van der Waals surface area contributed by atoms with Crippen LogP contribution in [0, 0.1) is 5.92 Å². The highest BCUT2D eigenvalue weighted by Crippen LogP contribution is 2.48. The van der Waals surface area contributed by atoms with Crippen LogP contribution in [0.2, 0.25) is 34.8 Å². The van der Waals surface area contributed by atoms with Gasteiger partial charge in [0.05, 0.1) is 30.2 Å². The first kappa shape index (κ1) is 31.0. The summed E-state index contributed by atoms with van der Waals surface area (Å²) in [6.07, 6.45) is 3.93. The molecule has 206 valence electrons. The predicted octanol–water partition coefficient (Wildman–Crippen LogP) is 7.11. The fraction of sp³-hybridized carbons (Fsp3) is 0.964. The van der Waals surface area contributed by atoms with Crippen molar-refractivity contribution < 1.29 is 18.8 Å². The Labute approximate surface area is 219 Å². The van der Waals surface area contributed by atoms with Gasteiger partial charge in [0.25, 0.3) is 0 Å². The zero-order valence-electron chi connectivity index (χ0n) is 25.0. The lowest BCUT2D eigenvalue weighted by molar-refractivity contribution is -0.141. The molecule has 7 heteroatoms. The second-order valence-electron chi connectivity index (χ2n) is 13.9. The molecule has 0 saturated carbocycles. The van der Waals surface area contributed by atoms with Crippen LogP contribution in [0.4, 0.5) is 0 Å². The molecule has 2 unspecified atom stereocenters. The molecule has 2 aliphatic rings. The smallest absolute Gasteiger partial charge is 0.228 e. The molecule has 0 bridgehead atoms. The second kappa shape index (κ2) is 11.3. The molecule has 0 spiro atoms. The Bertz CT molecular complexity index is 696. The molecule has 2 rings (SSSR count). The molecular weight excluding hydrogens is 470 g/mol. The van der Waals surface area contributed by atoms with Gasteiger partial charge in [-0.05, 0) is 66.9 Å². The molecule has 35 heavy (non-hydrogen) atoms. The van der Waals surface area contributed by atoms with E-state index in [9.17, 15) is 9.90 Å². The molecule has 0 aromatic carbocycles. The third-order valence-corrected chi connectivity index (χ3v) is 20.5. The quantitative estimate of drug-likeness (QED) is 0.230. The minimum atomic E-state index is -1.92. The van der Waals surface area contributed by atoms with E-state index in [2.05, 4.69) is 80.3 Å². The molecule has 2 saturated heterocycles. The van der Waals surface area contributed by atoms with Crippen LogP contribution in [-0.4, -0.2) is 63.4 Å². The maximum atomic E-state index is 13.4. The van der Waals surface area contributed by atoms with Crippen molar-refractivity contribution in [1.82, 2.24) is 4.90 Å². The third kappa shape index (κ3) is 5.79. The average Bonchev–Trinajstić information content (AvgIpc) is 2.92. The summed E-state index contributed by atoms with van der Waals surface area (Å²) in [5.41, 5.74) is 1.20. The number of aliphatic hydroxyl groups excluding tert-OH is 1. The summed E-state index contributed by atoms with van der Waals surface area (Å²) in [6.45, 7) is 28.5. The van der Waals surface area contributed by atoms with Crippen molar-refractivity contribution in [3.63, 3.8) is 0 Å². The molecule has 2 aliphatic heterocycles. The number of hydrogen-bond acceptors (Lipinski definition) is 4. The lowest BCUT2D eigenvalue weighted by Gasteiger charge is -2.50. The van der Waals surface area contributed by atoms with Crippen LogP contribution in [0.5, 0.6) is 0 Å². The number of carbonyl (C=O) groups is 1. The molecule has 2 heterocycles. The van der Waals surface area contributed by atoms with Crippen molar-refractivity contribution in [2.75, 3.05) is 13.2 Å². The first-order chi connectivity index (χ1) is 16.0. The molecule has 0 aromatic rings. The maximum Gasteiger partial charge on any atom is 0.228 e. The lowest BCUT2D eigenvalue weighted by Crippen LogP contribution is -2.60. The van der Waals surface area contributed by atoms with E-state index in [0.717, 1.165) is 38.7 Å². The predicted molar refractivity (Wildman–Crippen MR) is 152 cm³/mol. The highest BCUT2D eigenvalue weighted by molar-refractivity contribution is 6.77. The minimum absolute atomic E-state index is 0.0568. The van der Waals surface area contributed by atoms with Crippen molar-refractivity contribution in [2.24, 2.45) is 5.92 Å². The molecule has 1 N–H and O–H groups in total. The van der Waals surface area contributed by atoms with Gasteiger partial charge in [-0.25, -0.2) is 0 Å². The minimum Gasteiger partial charge on any atom is -0.416 e. The number of carbonyl (C=O) groups excluding carboxylic acids is 1. The van der Waals surface area contributed by atoms with Crippen molar-refractivity contribution in [3.8, 4) is 0 Å². The number of fused-ring (bicyclic) bond motifs is 1. The summed E-state index contributed by atoms with van der Waals surface area (Å²) in [6, 6.07) is 0.0568. The highest BCUT2D eigenvalue weighted by Gasteiger charge is 2.59. The third-order valence-electron chi connectivity index (χ3n) is 9.90. The molecule has 0 aliphatic carbocycles. The van der Waals surface area contributed by atoms with E-state index in [0.29, 0.717) is 23.2 Å². The van der Waals surface area contributed by atoms with Crippen molar-refractivity contribution in [2.45, 2.75) is 154 Å². The summed E-state index contributed by atoms with van der Waals surface area (Å²) >= 11 is 0. The van der Waals surface area contributed by atoms with Gasteiger partial charge < -0.3 is 18.9 Å². The fourth-order valence-electron chi connectivity index (χ4n) is 6.97. The van der Waals surface area contributed by atoms with Gasteiger partial charge in [-0.1, -0.05) is 69.2 Å². The zero-order chi connectivity index (χ0) is 27.0. The standard InChI is InChI=1S/C28H57NO4Si2/c1-20(2)35(21(3)4,22(5)6)32-18-14-17-28-16-13-15-24(19-33-34(11,12)27(8,9)10)29(28)26(31)23(7)25(28)30/h20-25,30H,13-19H2,1-12H3/t23?,24-,25?,28-/m1/s1. The number of nitrogens with zero attached hydrogens (tertiary/aromatic N) is 1. The van der Waals surface area contributed by atoms with Crippen molar-refractivity contribution >= 4 is 22.5 Å². The summed E-state index contributed by atoms with van der Waals surface area (Å²) in [7, 11) is -3.83. The van der Waals surface area contributed by atoms with Crippen LogP contribution in [0.15, 0.2) is 0 Å². The van der Waals surface area contributed by atoms with Gasteiger partial charge in [-0.2, -0.15) is 0 Å². The number of aliphatic hydroxyl groups is 1. The lowest BCUT2D eigenvalue weighted by atomic mass is 9.77. The van der Waals surface area contributed by atoms with Gasteiger partial charge in [0.15, 0.2) is 16.6 Å². The number of hydrogen-bond donors (Lipinski definition) is 1. The number of rotatable bonds is 11. The Morgan fingerprint density at radius 2 is 1.60 bits per heavy atom. The molecule has 1 amide bonds. The zero-order valence-corrected chi connectivity index (χ0v) is 27.0. The molecule has 4 atom stereocenters. The van der Waals surface area contributed by atoms with E-state index in [4.69, 9.17) is 8.85 Å². The summed E-state index contributed by atoms with van der Waals surface area (Å²) < 4.78 is 13.4. The largest absolute Gasteiger partial charge is 0.416 e. The van der Waals surface area contributed by atoms with Gasteiger partial charge in [0.2, 0.25) is 5.91 Å². The van der Waals surface area contributed by atoms with Crippen LogP contribution in [0.1, 0.15) is 101 Å². The summed E-state index contributed by atoms with van der Waals surface area (Å²) in [5.74, 6) is -0.239. The summed E-state index contributed by atoms with van der Waals surface area (Å²) in [4.78, 5) is 15.5. The monoisotopic (exact) mass is 527 g/mol. The van der Waals surface area contributed by atoms with Gasteiger partial charge >= 0.3 is 0 Å². The highest BCUT2D eigenvalue weighted by atomic mass is 28.4. The van der Waals surface area contributed by atoms with Crippen LogP contribution in [0.3, 0.4) is 0 Å². The van der Waals surface area contributed by atoms with E-state index in [-0.39, 0.29) is 22.9 Å². The molecule has 0 aromatic heterocycles. The fourth-order valence-corrected chi connectivity index (χ4v) is 13.5. The van der Waals surface area contributed by atoms with E-state index in [1.165, 1.54) is 0 Å².